The van der Waals surface area contributed by atoms with Gasteiger partial charge in [0.25, 0.3) is 0 Å². The van der Waals surface area contributed by atoms with Crippen LogP contribution in [0.5, 0.6) is 0 Å². The number of hydrogen-bond donors (Lipinski definition) is 1. The SMILES string of the molecule is Cn1cc(CNC2CCc3c(Br)cccc32)cn1. The fraction of sp³-hybridized carbons (Fsp3) is 0.357. The molecule has 0 saturated heterocycles. The summed E-state index contributed by atoms with van der Waals surface area (Å²) in [7, 11) is 1.95. The highest BCUT2D eigenvalue weighted by Gasteiger charge is 2.23. The smallest absolute Gasteiger partial charge is 0.0534 e. The topological polar surface area (TPSA) is 29.9 Å². The Balaban J connectivity index is 1.71. The van der Waals surface area contributed by atoms with Crippen molar-refractivity contribution in [1.82, 2.24) is 15.1 Å². The summed E-state index contributed by atoms with van der Waals surface area (Å²) in [4.78, 5) is 0. The number of rotatable bonds is 3. The zero-order valence-electron chi connectivity index (χ0n) is 10.4. The minimum atomic E-state index is 0.470. The molecule has 18 heavy (non-hydrogen) atoms. The van der Waals surface area contributed by atoms with Crippen LogP contribution in [0.4, 0.5) is 0 Å². The molecule has 1 heterocycles. The van der Waals surface area contributed by atoms with Crippen molar-refractivity contribution in [2.24, 2.45) is 7.05 Å². The number of nitrogens with one attached hydrogen (secondary N) is 1. The number of aryl methyl sites for hydroxylation is 1. The second kappa shape index (κ2) is 4.86. The van der Waals surface area contributed by atoms with Gasteiger partial charge in [-0.25, -0.2) is 0 Å². The van der Waals surface area contributed by atoms with E-state index in [4.69, 9.17) is 0 Å². The minimum Gasteiger partial charge on any atom is -0.306 e. The molecule has 1 N–H and O–H groups in total. The van der Waals surface area contributed by atoms with E-state index < -0.39 is 0 Å². The minimum absolute atomic E-state index is 0.470. The highest BCUT2D eigenvalue weighted by Crippen LogP contribution is 2.35. The molecule has 0 spiro atoms. The van der Waals surface area contributed by atoms with Crippen LogP contribution in [0.15, 0.2) is 35.1 Å². The van der Waals surface area contributed by atoms with E-state index in [1.54, 1.807) is 0 Å². The average molecular weight is 306 g/mol. The van der Waals surface area contributed by atoms with Gasteiger partial charge in [0.2, 0.25) is 0 Å². The molecule has 0 aliphatic heterocycles. The number of benzene rings is 1. The lowest BCUT2D eigenvalue weighted by molar-refractivity contribution is 0.530. The molecule has 3 nitrogen and oxygen atoms in total. The maximum atomic E-state index is 4.19. The molecular weight excluding hydrogens is 290 g/mol. The van der Waals surface area contributed by atoms with Gasteiger partial charge in [-0.1, -0.05) is 28.1 Å². The zero-order chi connectivity index (χ0) is 12.5. The third-order valence-corrected chi connectivity index (χ3v) is 4.27. The average Bonchev–Trinajstić information content (AvgIpc) is 2.94. The summed E-state index contributed by atoms with van der Waals surface area (Å²) in [5.41, 5.74) is 4.13. The molecule has 0 radical (unpaired) electrons. The molecule has 4 heteroatoms. The third kappa shape index (κ3) is 2.22. The Morgan fingerprint density at radius 2 is 2.39 bits per heavy atom. The first-order valence-electron chi connectivity index (χ1n) is 6.22. The Labute approximate surface area is 115 Å². The number of nitrogens with zero attached hydrogens (tertiary/aromatic N) is 2. The quantitative estimate of drug-likeness (QED) is 0.945. The maximum absolute atomic E-state index is 4.19. The first-order valence-corrected chi connectivity index (χ1v) is 7.01. The predicted octanol–water partition coefficient (Wildman–Crippen LogP) is 2.96. The molecule has 1 aromatic carbocycles. The second-order valence-electron chi connectivity index (χ2n) is 4.80. The van der Waals surface area contributed by atoms with Gasteiger partial charge < -0.3 is 5.32 Å². The van der Waals surface area contributed by atoms with E-state index in [9.17, 15) is 0 Å². The molecule has 0 saturated carbocycles. The Hall–Kier alpha value is -1.13. The van der Waals surface area contributed by atoms with Crippen LogP contribution in [0.3, 0.4) is 0 Å². The zero-order valence-corrected chi connectivity index (χ0v) is 11.9. The van der Waals surface area contributed by atoms with Gasteiger partial charge in [0.15, 0.2) is 0 Å². The van der Waals surface area contributed by atoms with Gasteiger partial charge >= 0.3 is 0 Å². The molecule has 1 unspecified atom stereocenters. The van der Waals surface area contributed by atoms with Crippen molar-refractivity contribution >= 4 is 15.9 Å². The molecule has 0 bridgehead atoms. The molecule has 3 rings (SSSR count). The van der Waals surface area contributed by atoms with Crippen LogP contribution < -0.4 is 5.32 Å². The van der Waals surface area contributed by atoms with Crippen molar-refractivity contribution in [1.29, 1.82) is 0 Å². The lowest BCUT2D eigenvalue weighted by atomic mass is 10.1. The Morgan fingerprint density at radius 3 is 3.17 bits per heavy atom. The van der Waals surface area contributed by atoms with Crippen molar-refractivity contribution in [2.45, 2.75) is 25.4 Å². The lowest BCUT2D eigenvalue weighted by Gasteiger charge is -2.13. The number of fused-ring (bicyclic) bond motifs is 1. The molecule has 1 aliphatic carbocycles. The largest absolute Gasteiger partial charge is 0.306 e. The summed E-state index contributed by atoms with van der Waals surface area (Å²) in [5.74, 6) is 0. The standard InChI is InChI=1S/C14H16BrN3/c1-18-9-10(8-17-18)7-16-14-6-5-11-12(14)3-2-4-13(11)15/h2-4,8-9,14,16H,5-7H2,1H3. The van der Waals surface area contributed by atoms with Gasteiger partial charge in [0.05, 0.1) is 6.20 Å². The molecule has 0 amide bonds. The first-order chi connectivity index (χ1) is 8.74. The number of halogens is 1. The van der Waals surface area contributed by atoms with Crippen LogP contribution in [0.25, 0.3) is 0 Å². The summed E-state index contributed by atoms with van der Waals surface area (Å²) >= 11 is 3.63. The fourth-order valence-electron chi connectivity index (χ4n) is 2.63. The van der Waals surface area contributed by atoms with Gasteiger partial charge in [-0.15, -0.1) is 0 Å². The number of aromatic nitrogens is 2. The van der Waals surface area contributed by atoms with Crippen molar-refractivity contribution in [3.05, 3.63) is 51.8 Å². The Bertz CT molecular complexity index is 562. The highest BCUT2D eigenvalue weighted by molar-refractivity contribution is 9.10. The Morgan fingerprint density at radius 1 is 1.50 bits per heavy atom. The van der Waals surface area contributed by atoms with Crippen LogP contribution in [-0.2, 0) is 20.0 Å². The highest BCUT2D eigenvalue weighted by atomic mass is 79.9. The Kier molecular flexibility index (Phi) is 3.22. The van der Waals surface area contributed by atoms with Crippen LogP contribution >= 0.6 is 15.9 Å². The van der Waals surface area contributed by atoms with E-state index in [-0.39, 0.29) is 0 Å². The summed E-state index contributed by atoms with van der Waals surface area (Å²) in [6, 6.07) is 6.95. The van der Waals surface area contributed by atoms with E-state index in [2.05, 4.69) is 50.7 Å². The van der Waals surface area contributed by atoms with Crippen LogP contribution in [0, 0.1) is 0 Å². The van der Waals surface area contributed by atoms with Gasteiger partial charge in [-0.2, -0.15) is 5.10 Å². The maximum Gasteiger partial charge on any atom is 0.0534 e. The van der Waals surface area contributed by atoms with Gasteiger partial charge in [0.1, 0.15) is 0 Å². The van der Waals surface area contributed by atoms with E-state index in [1.807, 2.05) is 17.9 Å². The van der Waals surface area contributed by atoms with Crippen LogP contribution in [0.2, 0.25) is 0 Å². The molecule has 1 atom stereocenters. The normalized spacial score (nSPS) is 18.0. The van der Waals surface area contributed by atoms with Crippen molar-refractivity contribution in [3.8, 4) is 0 Å². The fourth-order valence-corrected chi connectivity index (χ4v) is 3.21. The number of hydrogen-bond acceptors (Lipinski definition) is 2. The van der Waals surface area contributed by atoms with Gasteiger partial charge in [0, 0.05) is 35.9 Å². The monoisotopic (exact) mass is 305 g/mol. The second-order valence-corrected chi connectivity index (χ2v) is 5.66. The van der Waals surface area contributed by atoms with Crippen molar-refractivity contribution in [3.63, 3.8) is 0 Å². The van der Waals surface area contributed by atoms with Crippen LogP contribution in [0.1, 0.15) is 29.2 Å². The first kappa shape index (κ1) is 11.9. The van der Waals surface area contributed by atoms with Crippen LogP contribution in [-0.4, -0.2) is 9.78 Å². The molecule has 2 aromatic rings. The van der Waals surface area contributed by atoms with Gasteiger partial charge in [-0.05, 0) is 30.0 Å². The van der Waals surface area contributed by atoms with E-state index >= 15 is 0 Å². The van der Waals surface area contributed by atoms with Crippen molar-refractivity contribution in [2.75, 3.05) is 0 Å². The molecule has 94 valence electrons. The third-order valence-electron chi connectivity index (χ3n) is 3.52. The predicted molar refractivity (Wildman–Crippen MR) is 75.3 cm³/mol. The van der Waals surface area contributed by atoms with E-state index in [0.29, 0.717) is 6.04 Å². The summed E-state index contributed by atoms with van der Waals surface area (Å²) in [5, 5.41) is 7.81. The lowest BCUT2D eigenvalue weighted by Crippen LogP contribution is -2.18. The summed E-state index contributed by atoms with van der Waals surface area (Å²) in [6.45, 7) is 0.879. The van der Waals surface area contributed by atoms with Gasteiger partial charge in [-0.3, -0.25) is 4.68 Å². The molecule has 1 aromatic heterocycles. The van der Waals surface area contributed by atoms with E-state index in [1.165, 1.54) is 27.6 Å². The van der Waals surface area contributed by atoms with E-state index in [0.717, 1.165) is 13.0 Å². The molecular formula is C14H16BrN3. The molecule has 0 fully saturated rings. The summed E-state index contributed by atoms with van der Waals surface area (Å²) in [6.07, 6.45) is 6.31. The van der Waals surface area contributed by atoms with Crippen molar-refractivity contribution < 1.29 is 0 Å². The summed E-state index contributed by atoms with van der Waals surface area (Å²) < 4.78 is 3.08. The molecule has 1 aliphatic rings.